The summed E-state index contributed by atoms with van der Waals surface area (Å²) in [6.45, 7) is 3.90. The number of benzene rings is 1. The minimum absolute atomic E-state index is 0.378. The van der Waals surface area contributed by atoms with Gasteiger partial charge in [0.2, 0.25) is 0 Å². The fraction of sp³-hybridized carbons (Fsp3) is 0.214. The number of aliphatic hydroxyl groups is 1. The van der Waals surface area contributed by atoms with Crippen molar-refractivity contribution in [2.24, 2.45) is 0 Å². The second-order valence-electron chi connectivity index (χ2n) is 4.34. The van der Waals surface area contributed by atoms with Crippen LogP contribution in [0.5, 0.6) is 0 Å². The molecule has 0 radical (unpaired) electrons. The topological polar surface area (TPSA) is 59.1 Å². The van der Waals surface area contributed by atoms with E-state index in [-0.39, 0.29) is 0 Å². The van der Waals surface area contributed by atoms with Crippen molar-refractivity contribution in [1.29, 1.82) is 0 Å². The summed E-state index contributed by atoms with van der Waals surface area (Å²) in [6, 6.07) is 7.60. The average molecular weight is 307 g/mol. The van der Waals surface area contributed by atoms with E-state index in [1.165, 1.54) is 0 Å². The molecule has 0 saturated carbocycles. The summed E-state index contributed by atoms with van der Waals surface area (Å²) in [4.78, 5) is 4.04. The first-order chi connectivity index (χ1) is 8.50. The van der Waals surface area contributed by atoms with E-state index in [0.29, 0.717) is 11.4 Å². The lowest BCUT2D eigenvalue weighted by Crippen LogP contribution is -2.07. The maximum Gasteiger partial charge on any atom is 0.129 e. The van der Waals surface area contributed by atoms with Crippen molar-refractivity contribution in [3.05, 3.63) is 57.2 Å². The Morgan fingerprint density at radius 3 is 2.56 bits per heavy atom. The predicted octanol–water partition coefficient (Wildman–Crippen LogP) is 3.12. The molecule has 0 bridgehead atoms. The zero-order chi connectivity index (χ0) is 13.3. The number of anilines is 1. The van der Waals surface area contributed by atoms with Gasteiger partial charge in [0.25, 0.3) is 0 Å². The molecule has 0 amide bonds. The Hall–Kier alpha value is -1.39. The van der Waals surface area contributed by atoms with Crippen molar-refractivity contribution < 1.29 is 5.11 Å². The Morgan fingerprint density at radius 2 is 1.94 bits per heavy atom. The highest BCUT2D eigenvalue weighted by atomic mass is 79.9. The van der Waals surface area contributed by atoms with Gasteiger partial charge in [-0.2, -0.15) is 0 Å². The molecule has 1 atom stereocenters. The second kappa shape index (κ2) is 5.08. The number of aliphatic hydroxyl groups excluding tert-OH is 1. The van der Waals surface area contributed by atoms with Crippen LogP contribution in [0.4, 0.5) is 5.82 Å². The molecule has 4 heteroatoms. The monoisotopic (exact) mass is 306 g/mol. The molecule has 0 spiro atoms. The largest absolute Gasteiger partial charge is 0.384 e. The van der Waals surface area contributed by atoms with Crippen LogP contribution in [0.25, 0.3) is 0 Å². The number of rotatable bonds is 2. The van der Waals surface area contributed by atoms with E-state index >= 15 is 0 Å². The molecule has 0 aliphatic rings. The van der Waals surface area contributed by atoms with Gasteiger partial charge in [-0.05, 0) is 42.7 Å². The van der Waals surface area contributed by atoms with Gasteiger partial charge in [0.1, 0.15) is 11.9 Å². The van der Waals surface area contributed by atoms with Crippen LogP contribution in [0.15, 0.2) is 34.9 Å². The van der Waals surface area contributed by atoms with Gasteiger partial charge >= 0.3 is 0 Å². The summed E-state index contributed by atoms with van der Waals surface area (Å²) in [5.74, 6) is 0.378. The van der Waals surface area contributed by atoms with E-state index in [1.54, 1.807) is 6.20 Å². The van der Waals surface area contributed by atoms with Crippen molar-refractivity contribution in [3.8, 4) is 0 Å². The predicted molar refractivity (Wildman–Crippen MR) is 76.3 cm³/mol. The highest BCUT2D eigenvalue weighted by Gasteiger charge is 2.17. The quantitative estimate of drug-likeness (QED) is 0.896. The lowest BCUT2D eigenvalue weighted by atomic mass is 9.97. The third-order valence-corrected chi connectivity index (χ3v) is 3.90. The number of hydrogen-bond acceptors (Lipinski definition) is 3. The first-order valence-corrected chi connectivity index (χ1v) is 6.45. The maximum atomic E-state index is 10.4. The van der Waals surface area contributed by atoms with E-state index < -0.39 is 6.10 Å². The smallest absolute Gasteiger partial charge is 0.129 e. The number of aryl methyl sites for hydroxylation is 2. The van der Waals surface area contributed by atoms with Gasteiger partial charge < -0.3 is 10.8 Å². The fourth-order valence-corrected chi connectivity index (χ4v) is 2.20. The molecule has 1 unspecified atom stereocenters. The summed E-state index contributed by atoms with van der Waals surface area (Å²) in [5, 5.41) is 10.4. The minimum Gasteiger partial charge on any atom is -0.384 e. The lowest BCUT2D eigenvalue weighted by molar-refractivity contribution is 0.220. The van der Waals surface area contributed by atoms with Gasteiger partial charge in [-0.3, -0.25) is 0 Å². The number of nitrogens with zero attached hydrogens (tertiary/aromatic N) is 1. The van der Waals surface area contributed by atoms with Crippen molar-refractivity contribution >= 4 is 21.7 Å². The number of hydrogen-bond donors (Lipinski definition) is 2. The number of nitrogen functional groups attached to an aromatic ring is 1. The average Bonchev–Trinajstić information content (AvgIpc) is 2.32. The molecule has 0 aliphatic carbocycles. The van der Waals surface area contributed by atoms with Gasteiger partial charge in [-0.1, -0.05) is 28.1 Å². The van der Waals surface area contributed by atoms with E-state index in [1.807, 2.05) is 38.1 Å². The van der Waals surface area contributed by atoms with Gasteiger partial charge in [0.05, 0.1) is 0 Å². The normalized spacial score (nSPS) is 12.4. The second-order valence-corrected chi connectivity index (χ2v) is 5.19. The SMILES string of the molecule is Cc1cc(C(O)c2c(C)ccnc2N)ccc1Br. The van der Waals surface area contributed by atoms with Crippen molar-refractivity contribution in [3.63, 3.8) is 0 Å². The molecule has 1 aromatic carbocycles. The molecule has 18 heavy (non-hydrogen) atoms. The minimum atomic E-state index is -0.745. The van der Waals surface area contributed by atoms with Crippen LogP contribution in [-0.4, -0.2) is 10.1 Å². The van der Waals surface area contributed by atoms with E-state index in [2.05, 4.69) is 20.9 Å². The number of halogens is 1. The standard InChI is InChI=1S/C14H15BrN2O/c1-8-5-6-17-14(16)12(8)13(18)10-3-4-11(15)9(2)7-10/h3-7,13,18H,1-2H3,(H2,16,17). The van der Waals surface area contributed by atoms with Crippen LogP contribution >= 0.6 is 15.9 Å². The fourth-order valence-electron chi connectivity index (χ4n) is 1.95. The molecule has 2 aromatic rings. The van der Waals surface area contributed by atoms with Crippen LogP contribution < -0.4 is 5.73 Å². The summed E-state index contributed by atoms with van der Waals surface area (Å²) in [6.07, 6.45) is 0.902. The molecule has 0 saturated heterocycles. The highest BCUT2D eigenvalue weighted by molar-refractivity contribution is 9.10. The van der Waals surface area contributed by atoms with Crippen LogP contribution in [0, 0.1) is 13.8 Å². The van der Waals surface area contributed by atoms with E-state index in [0.717, 1.165) is 21.2 Å². The zero-order valence-corrected chi connectivity index (χ0v) is 11.9. The maximum absolute atomic E-state index is 10.4. The van der Waals surface area contributed by atoms with Crippen LogP contribution in [0.3, 0.4) is 0 Å². The Labute approximate surface area is 115 Å². The van der Waals surface area contributed by atoms with E-state index in [4.69, 9.17) is 5.73 Å². The lowest BCUT2D eigenvalue weighted by Gasteiger charge is -2.16. The summed E-state index contributed by atoms with van der Waals surface area (Å²) in [7, 11) is 0. The van der Waals surface area contributed by atoms with Gasteiger partial charge in [0, 0.05) is 16.2 Å². The number of nitrogens with two attached hydrogens (primary N) is 1. The molecule has 1 heterocycles. The summed E-state index contributed by atoms with van der Waals surface area (Å²) in [5.41, 5.74) is 9.36. The Bertz CT molecular complexity index is 564. The molecule has 2 rings (SSSR count). The number of pyridine rings is 1. The molecule has 94 valence electrons. The zero-order valence-electron chi connectivity index (χ0n) is 10.3. The Morgan fingerprint density at radius 1 is 1.22 bits per heavy atom. The Kier molecular flexibility index (Phi) is 3.68. The first-order valence-electron chi connectivity index (χ1n) is 5.66. The number of aromatic nitrogens is 1. The van der Waals surface area contributed by atoms with Crippen molar-refractivity contribution in [2.45, 2.75) is 20.0 Å². The molecule has 3 N–H and O–H groups in total. The van der Waals surface area contributed by atoms with Crippen molar-refractivity contribution in [1.82, 2.24) is 4.98 Å². The third-order valence-electron chi connectivity index (χ3n) is 3.01. The first kappa shape index (κ1) is 13.1. The molecular weight excluding hydrogens is 292 g/mol. The molecule has 1 aromatic heterocycles. The van der Waals surface area contributed by atoms with Crippen LogP contribution in [0.2, 0.25) is 0 Å². The molecule has 3 nitrogen and oxygen atoms in total. The highest BCUT2D eigenvalue weighted by Crippen LogP contribution is 2.30. The third kappa shape index (κ3) is 2.40. The molecule has 0 aliphatic heterocycles. The van der Waals surface area contributed by atoms with E-state index in [9.17, 15) is 5.11 Å². The van der Waals surface area contributed by atoms with Gasteiger partial charge in [-0.25, -0.2) is 4.98 Å². The van der Waals surface area contributed by atoms with Crippen molar-refractivity contribution in [2.75, 3.05) is 5.73 Å². The molecule has 0 fully saturated rings. The molecular formula is C14H15BrN2O. The summed E-state index contributed by atoms with van der Waals surface area (Å²) >= 11 is 3.44. The Balaban J connectivity index is 2.48. The van der Waals surface area contributed by atoms with Crippen LogP contribution in [-0.2, 0) is 0 Å². The van der Waals surface area contributed by atoms with Crippen LogP contribution in [0.1, 0.15) is 28.4 Å². The van der Waals surface area contributed by atoms with Gasteiger partial charge in [0.15, 0.2) is 0 Å². The van der Waals surface area contributed by atoms with Gasteiger partial charge in [-0.15, -0.1) is 0 Å². The summed E-state index contributed by atoms with van der Waals surface area (Å²) < 4.78 is 1.02.